The molecular weight excluding hydrogens is 308 g/mol. The minimum absolute atomic E-state index is 0.0258. The summed E-state index contributed by atoms with van der Waals surface area (Å²) in [4.78, 5) is 0. The van der Waals surface area contributed by atoms with Crippen LogP contribution in [0.5, 0.6) is 0 Å². The zero-order valence-corrected chi connectivity index (χ0v) is 14.5. The largest absolute Gasteiger partial charge is 0.726 e. The van der Waals surface area contributed by atoms with Gasteiger partial charge in [0.25, 0.3) is 0 Å². The van der Waals surface area contributed by atoms with Crippen LogP contribution in [0.25, 0.3) is 0 Å². The zero-order valence-electron chi connectivity index (χ0n) is 13.6. The summed E-state index contributed by atoms with van der Waals surface area (Å²) in [5, 5.41) is 8.99. The van der Waals surface area contributed by atoms with Gasteiger partial charge in [-0.15, -0.1) is 0 Å². The topological polar surface area (TPSA) is 95.5 Å². The van der Waals surface area contributed by atoms with Crippen molar-refractivity contribution in [3.05, 3.63) is 18.7 Å². The van der Waals surface area contributed by atoms with Crippen molar-refractivity contribution in [3.8, 4) is 0 Å². The number of aryl methyl sites for hydroxylation is 1. The van der Waals surface area contributed by atoms with Crippen molar-refractivity contribution >= 4 is 10.4 Å². The Labute approximate surface area is 133 Å². The Bertz CT molecular complexity index is 485. The number of hydrogen-bond donors (Lipinski definition) is 1. The molecule has 1 N–H and O–H groups in total. The van der Waals surface area contributed by atoms with Crippen molar-refractivity contribution < 1.29 is 26.8 Å². The van der Waals surface area contributed by atoms with E-state index in [0.717, 1.165) is 12.8 Å². The molecule has 0 saturated carbocycles. The van der Waals surface area contributed by atoms with E-state index in [0.29, 0.717) is 6.42 Å². The quantitative estimate of drug-likeness (QED) is 0.320. The van der Waals surface area contributed by atoms with Crippen molar-refractivity contribution in [2.75, 3.05) is 6.61 Å². The van der Waals surface area contributed by atoms with Crippen molar-refractivity contribution in [2.24, 2.45) is 7.05 Å². The number of unbranched alkanes of at least 4 members (excludes halogenated alkanes) is 5. The summed E-state index contributed by atoms with van der Waals surface area (Å²) < 4.78 is 37.6. The Morgan fingerprint density at radius 1 is 1.27 bits per heavy atom. The maximum Gasteiger partial charge on any atom is 0.245 e. The molecule has 7 nitrogen and oxygen atoms in total. The Balaban J connectivity index is 0.000000425. The fourth-order valence-electron chi connectivity index (χ4n) is 1.73. The molecule has 0 aliphatic rings. The second-order valence-electron chi connectivity index (χ2n) is 5.16. The van der Waals surface area contributed by atoms with Crippen LogP contribution in [0.4, 0.5) is 0 Å². The van der Waals surface area contributed by atoms with Gasteiger partial charge in [0.1, 0.15) is 12.4 Å². The van der Waals surface area contributed by atoms with Gasteiger partial charge in [-0.1, -0.05) is 39.0 Å². The van der Waals surface area contributed by atoms with E-state index in [-0.39, 0.29) is 6.61 Å². The van der Waals surface area contributed by atoms with E-state index < -0.39 is 16.6 Å². The van der Waals surface area contributed by atoms with E-state index in [2.05, 4.69) is 11.1 Å². The number of rotatable bonds is 9. The predicted octanol–water partition coefficient (Wildman–Crippen LogP) is 1.65. The number of nitrogens with zero attached hydrogens (tertiary/aromatic N) is 2. The van der Waals surface area contributed by atoms with Crippen LogP contribution < -0.4 is 4.57 Å². The summed E-state index contributed by atoms with van der Waals surface area (Å²) in [7, 11) is -2.56. The third-order valence-corrected chi connectivity index (χ3v) is 3.40. The number of aliphatic hydroxyl groups is 1. The monoisotopic (exact) mass is 336 g/mol. The highest BCUT2D eigenvalue weighted by atomic mass is 32.3. The summed E-state index contributed by atoms with van der Waals surface area (Å²) in [6.45, 7) is 3.88. The normalized spacial score (nSPS) is 12.6. The Morgan fingerprint density at radius 2 is 1.86 bits per heavy atom. The molecule has 0 saturated heterocycles. The maximum absolute atomic E-state index is 9.99. The number of aromatic nitrogens is 2. The van der Waals surface area contributed by atoms with E-state index in [4.69, 9.17) is 5.11 Å². The molecule has 0 aromatic carbocycles. The van der Waals surface area contributed by atoms with Crippen LogP contribution in [-0.4, -0.2) is 29.3 Å². The molecule has 0 radical (unpaired) electrons. The minimum Gasteiger partial charge on any atom is -0.726 e. The van der Waals surface area contributed by atoms with Crippen LogP contribution in [0.2, 0.25) is 0 Å². The standard InChI is InChI=1S/C8H18O4S.C6H11N2O/c1-2-3-4-5-6-7-8-12-13(9,10)11;1-6(9)8-4-3-7(2)5-8/h2-8H2,1H3,(H,9,10,11);3-6,9H,1-2H3/q;+1/p-1. The van der Waals surface area contributed by atoms with Gasteiger partial charge in [0.2, 0.25) is 16.7 Å². The predicted molar refractivity (Wildman–Crippen MR) is 81.6 cm³/mol. The first-order valence-corrected chi connectivity index (χ1v) is 8.90. The number of imidazole rings is 1. The van der Waals surface area contributed by atoms with E-state index in [1.54, 1.807) is 11.5 Å². The summed E-state index contributed by atoms with van der Waals surface area (Å²) in [6.07, 6.45) is 11.3. The van der Waals surface area contributed by atoms with E-state index in [1.165, 1.54) is 19.3 Å². The first kappa shape index (κ1) is 21.0. The molecule has 130 valence electrons. The second kappa shape index (κ2) is 11.6. The van der Waals surface area contributed by atoms with Crippen LogP contribution in [0.3, 0.4) is 0 Å². The summed E-state index contributed by atoms with van der Waals surface area (Å²) in [5.74, 6) is 0. The Kier molecular flexibility index (Phi) is 11.1. The van der Waals surface area contributed by atoms with E-state index >= 15 is 0 Å². The molecule has 0 aliphatic heterocycles. The molecule has 1 unspecified atom stereocenters. The van der Waals surface area contributed by atoms with Gasteiger partial charge in [-0.25, -0.2) is 17.6 Å². The molecule has 22 heavy (non-hydrogen) atoms. The molecule has 1 heterocycles. The van der Waals surface area contributed by atoms with Gasteiger partial charge >= 0.3 is 0 Å². The lowest BCUT2D eigenvalue weighted by Crippen LogP contribution is -2.24. The fraction of sp³-hybridized carbons (Fsp3) is 0.786. The van der Waals surface area contributed by atoms with E-state index in [1.807, 2.05) is 30.3 Å². The smallest absolute Gasteiger partial charge is 0.245 e. The van der Waals surface area contributed by atoms with Crippen molar-refractivity contribution in [1.82, 2.24) is 4.57 Å². The van der Waals surface area contributed by atoms with Gasteiger partial charge < -0.3 is 9.66 Å². The van der Waals surface area contributed by atoms with Crippen LogP contribution >= 0.6 is 0 Å². The average molecular weight is 336 g/mol. The van der Waals surface area contributed by atoms with Gasteiger partial charge in [-0.05, 0) is 6.42 Å². The number of hydrogen-bond acceptors (Lipinski definition) is 5. The summed E-state index contributed by atoms with van der Waals surface area (Å²) >= 11 is 0. The first-order chi connectivity index (χ1) is 10.3. The lowest BCUT2D eigenvalue weighted by atomic mass is 10.1. The van der Waals surface area contributed by atoms with Crippen LogP contribution in [0.1, 0.15) is 58.6 Å². The molecule has 1 atom stereocenters. The lowest BCUT2D eigenvalue weighted by molar-refractivity contribution is -0.671. The molecule has 0 bridgehead atoms. The highest BCUT2D eigenvalue weighted by Gasteiger charge is 2.03. The number of aliphatic hydroxyl groups excluding tert-OH is 1. The third-order valence-electron chi connectivity index (χ3n) is 2.95. The minimum atomic E-state index is -4.47. The zero-order chi connectivity index (χ0) is 17.0. The van der Waals surface area contributed by atoms with Gasteiger partial charge in [-0.2, -0.15) is 0 Å². The first-order valence-electron chi connectivity index (χ1n) is 7.57. The molecule has 1 rings (SSSR count). The molecular formula is C14H28N2O5S. The van der Waals surface area contributed by atoms with Crippen molar-refractivity contribution in [3.63, 3.8) is 0 Å². The third kappa shape index (κ3) is 12.8. The molecule has 0 fully saturated rings. The molecule has 0 aliphatic carbocycles. The van der Waals surface area contributed by atoms with Crippen molar-refractivity contribution in [2.45, 2.75) is 58.6 Å². The highest BCUT2D eigenvalue weighted by Crippen LogP contribution is 2.05. The Morgan fingerprint density at radius 3 is 2.27 bits per heavy atom. The van der Waals surface area contributed by atoms with Crippen LogP contribution in [0.15, 0.2) is 18.7 Å². The highest BCUT2D eigenvalue weighted by molar-refractivity contribution is 7.80. The maximum atomic E-state index is 9.99. The fourth-order valence-corrected chi connectivity index (χ4v) is 2.06. The molecule has 8 heteroatoms. The SMILES string of the molecule is CC(O)n1cc[n+](C)c1.CCCCCCCCOS(=O)(=O)[O-]. The molecule has 1 aromatic heterocycles. The van der Waals surface area contributed by atoms with Gasteiger partial charge in [0, 0.05) is 6.92 Å². The molecule has 1 aromatic rings. The van der Waals surface area contributed by atoms with Crippen LogP contribution in [0, 0.1) is 0 Å². The van der Waals surface area contributed by atoms with Crippen LogP contribution in [-0.2, 0) is 21.6 Å². The molecule has 0 spiro atoms. The Hall–Kier alpha value is -0.960. The van der Waals surface area contributed by atoms with Gasteiger partial charge in [0.15, 0.2) is 6.23 Å². The summed E-state index contributed by atoms with van der Waals surface area (Å²) in [5.41, 5.74) is 0. The average Bonchev–Trinajstić information content (AvgIpc) is 2.84. The van der Waals surface area contributed by atoms with Gasteiger partial charge in [-0.3, -0.25) is 4.18 Å². The second-order valence-corrected chi connectivity index (χ2v) is 6.21. The van der Waals surface area contributed by atoms with E-state index in [9.17, 15) is 13.0 Å². The van der Waals surface area contributed by atoms with Crippen molar-refractivity contribution in [1.29, 1.82) is 0 Å². The summed E-state index contributed by atoms with van der Waals surface area (Å²) in [6, 6.07) is 0. The lowest BCUT2D eigenvalue weighted by Gasteiger charge is -2.06. The molecule has 0 amide bonds. The van der Waals surface area contributed by atoms with Gasteiger partial charge in [0.05, 0.1) is 13.7 Å².